The number of carbonyl (C=O) groups is 1. The fourth-order valence-corrected chi connectivity index (χ4v) is 3.05. The van der Waals surface area contributed by atoms with E-state index in [-0.39, 0.29) is 12.5 Å². The molecule has 8 heteroatoms. The minimum atomic E-state index is -0.324. The molecule has 0 aliphatic carbocycles. The van der Waals surface area contributed by atoms with Gasteiger partial charge in [0.05, 0.1) is 12.8 Å². The van der Waals surface area contributed by atoms with Crippen LogP contribution >= 0.6 is 23.2 Å². The Morgan fingerprint density at radius 3 is 2.50 bits per heavy atom. The van der Waals surface area contributed by atoms with Crippen LogP contribution in [0, 0.1) is 0 Å². The molecule has 6 nitrogen and oxygen atoms in total. The third kappa shape index (κ3) is 5.72. The summed E-state index contributed by atoms with van der Waals surface area (Å²) in [6.07, 6.45) is 4.61. The molecule has 0 fully saturated rings. The van der Waals surface area contributed by atoms with Crippen molar-refractivity contribution in [1.82, 2.24) is 10.4 Å². The highest BCUT2D eigenvalue weighted by molar-refractivity contribution is 6.35. The summed E-state index contributed by atoms with van der Waals surface area (Å²) in [6.45, 7) is 2.54. The van der Waals surface area contributed by atoms with E-state index >= 15 is 0 Å². The molecule has 3 rings (SSSR count). The van der Waals surface area contributed by atoms with Crippen molar-refractivity contribution in [3.63, 3.8) is 0 Å². The van der Waals surface area contributed by atoms with Crippen LogP contribution in [0.2, 0.25) is 10.0 Å². The second-order valence-electron chi connectivity index (χ2n) is 6.06. The number of hydrogen-bond acceptors (Lipinski definition) is 5. The van der Waals surface area contributed by atoms with Gasteiger partial charge in [-0.05, 0) is 55.0 Å². The highest BCUT2D eigenvalue weighted by Crippen LogP contribution is 2.31. The first-order chi connectivity index (χ1) is 14.6. The van der Waals surface area contributed by atoms with Gasteiger partial charge in [0.25, 0.3) is 5.91 Å². The van der Waals surface area contributed by atoms with Crippen molar-refractivity contribution in [1.29, 1.82) is 0 Å². The van der Waals surface area contributed by atoms with Crippen molar-refractivity contribution in [3.8, 4) is 11.5 Å². The minimum absolute atomic E-state index is 0.202. The van der Waals surface area contributed by atoms with Gasteiger partial charge < -0.3 is 9.47 Å². The molecule has 2 aromatic carbocycles. The van der Waals surface area contributed by atoms with Gasteiger partial charge in [-0.25, -0.2) is 5.43 Å². The van der Waals surface area contributed by atoms with Crippen LogP contribution in [-0.4, -0.2) is 23.7 Å². The van der Waals surface area contributed by atoms with E-state index in [0.29, 0.717) is 39.3 Å². The van der Waals surface area contributed by atoms with Crippen LogP contribution in [0.25, 0.3) is 0 Å². The molecule has 0 unspecified atom stereocenters. The van der Waals surface area contributed by atoms with Gasteiger partial charge in [-0.1, -0.05) is 29.3 Å². The third-order valence-corrected chi connectivity index (χ3v) is 4.73. The van der Waals surface area contributed by atoms with Crippen LogP contribution in [-0.2, 0) is 6.61 Å². The maximum Gasteiger partial charge on any atom is 0.271 e. The number of amides is 1. The zero-order valence-electron chi connectivity index (χ0n) is 16.1. The third-order valence-electron chi connectivity index (χ3n) is 4.02. The highest BCUT2D eigenvalue weighted by atomic mass is 35.5. The van der Waals surface area contributed by atoms with Gasteiger partial charge in [-0.2, -0.15) is 5.10 Å². The smallest absolute Gasteiger partial charge is 0.271 e. The Labute approximate surface area is 184 Å². The highest BCUT2D eigenvalue weighted by Gasteiger charge is 2.10. The van der Waals surface area contributed by atoms with Gasteiger partial charge in [0, 0.05) is 33.6 Å². The Morgan fingerprint density at radius 1 is 1.07 bits per heavy atom. The van der Waals surface area contributed by atoms with Crippen LogP contribution in [0.3, 0.4) is 0 Å². The van der Waals surface area contributed by atoms with E-state index in [2.05, 4.69) is 15.5 Å². The number of benzene rings is 2. The molecule has 1 N–H and O–H groups in total. The van der Waals surface area contributed by atoms with Crippen molar-refractivity contribution in [2.45, 2.75) is 13.5 Å². The lowest BCUT2D eigenvalue weighted by atomic mass is 10.2. The van der Waals surface area contributed by atoms with E-state index in [1.165, 1.54) is 6.21 Å². The Bertz CT molecular complexity index is 1020. The largest absolute Gasteiger partial charge is 0.490 e. The van der Waals surface area contributed by atoms with E-state index < -0.39 is 0 Å². The number of halogens is 2. The van der Waals surface area contributed by atoms with E-state index in [0.717, 1.165) is 5.56 Å². The molecule has 0 saturated carbocycles. The van der Waals surface area contributed by atoms with Crippen LogP contribution in [0.1, 0.15) is 28.4 Å². The van der Waals surface area contributed by atoms with Gasteiger partial charge in [-0.3, -0.25) is 9.78 Å². The van der Waals surface area contributed by atoms with E-state index in [9.17, 15) is 4.79 Å². The second kappa shape index (κ2) is 10.6. The summed E-state index contributed by atoms with van der Waals surface area (Å²) in [7, 11) is 0. The molecule has 0 radical (unpaired) electrons. The van der Waals surface area contributed by atoms with E-state index in [1.807, 2.05) is 6.92 Å². The molecule has 1 heterocycles. The zero-order chi connectivity index (χ0) is 21.3. The fourth-order valence-electron chi connectivity index (χ4n) is 2.55. The summed E-state index contributed by atoms with van der Waals surface area (Å²) in [6, 6.07) is 13.8. The molecule has 0 atom stereocenters. The maximum absolute atomic E-state index is 12.0. The number of nitrogens with zero attached hydrogens (tertiary/aromatic N) is 2. The summed E-state index contributed by atoms with van der Waals surface area (Å²) in [5, 5.41) is 5.06. The number of nitrogens with one attached hydrogen (secondary N) is 1. The predicted molar refractivity (Wildman–Crippen MR) is 118 cm³/mol. The molecule has 30 heavy (non-hydrogen) atoms. The van der Waals surface area contributed by atoms with Crippen molar-refractivity contribution >= 4 is 35.3 Å². The molecule has 0 saturated heterocycles. The lowest BCUT2D eigenvalue weighted by molar-refractivity contribution is 0.0955. The first kappa shape index (κ1) is 21.6. The average Bonchev–Trinajstić information content (AvgIpc) is 2.75. The monoisotopic (exact) mass is 443 g/mol. The summed E-state index contributed by atoms with van der Waals surface area (Å²) < 4.78 is 11.6. The van der Waals surface area contributed by atoms with Gasteiger partial charge in [0.1, 0.15) is 6.61 Å². The number of hydrazone groups is 1. The number of ether oxygens (including phenoxy) is 2. The van der Waals surface area contributed by atoms with Gasteiger partial charge in [0.15, 0.2) is 11.5 Å². The molecule has 0 bridgehead atoms. The zero-order valence-corrected chi connectivity index (χ0v) is 17.7. The summed E-state index contributed by atoms with van der Waals surface area (Å²) >= 11 is 12.4. The Morgan fingerprint density at radius 2 is 1.80 bits per heavy atom. The standard InChI is InChI=1S/C22H19Cl2N3O3/c1-2-29-21-12-15(13-26-27-22(28)16-8-10-25-11-9-16)6-7-20(21)30-14-17-18(23)4-3-5-19(17)24/h3-13H,2,14H2,1H3,(H,27,28)/b26-13-. The average molecular weight is 444 g/mol. The van der Waals surface area contributed by atoms with Crippen molar-refractivity contribution < 1.29 is 14.3 Å². The summed E-state index contributed by atoms with van der Waals surface area (Å²) in [5.41, 5.74) is 4.38. The fraction of sp³-hybridized carbons (Fsp3) is 0.136. The number of hydrogen-bond donors (Lipinski definition) is 1. The molecular formula is C22H19Cl2N3O3. The van der Waals surface area contributed by atoms with Crippen LogP contribution in [0.4, 0.5) is 0 Å². The van der Waals surface area contributed by atoms with Gasteiger partial charge >= 0.3 is 0 Å². The molecular weight excluding hydrogens is 425 g/mol. The minimum Gasteiger partial charge on any atom is -0.490 e. The van der Waals surface area contributed by atoms with Crippen LogP contribution < -0.4 is 14.9 Å². The summed E-state index contributed by atoms with van der Waals surface area (Å²) in [5.74, 6) is 0.770. The van der Waals surface area contributed by atoms with Crippen LogP contribution in [0.15, 0.2) is 66.0 Å². The number of carbonyl (C=O) groups excluding carboxylic acids is 1. The Kier molecular flexibility index (Phi) is 7.65. The van der Waals surface area contributed by atoms with Crippen LogP contribution in [0.5, 0.6) is 11.5 Å². The normalized spacial score (nSPS) is 10.8. The Balaban J connectivity index is 1.69. The molecule has 1 amide bonds. The van der Waals surface area contributed by atoms with Crippen molar-refractivity contribution in [2.75, 3.05) is 6.61 Å². The quantitative estimate of drug-likeness (QED) is 0.386. The topological polar surface area (TPSA) is 72.8 Å². The molecule has 3 aromatic rings. The number of rotatable bonds is 8. The van der Waals surface area contributed by atoms with Gasteiger partial charge in [0.2, 0.25) is 0 Å². The van der Waals surface area contributed by atoms with E-state index in [1.54, 1.807) is 60.9 Å². The Hall–Kier alpha value is -3.09. The first-order valence-corrected chi connectivity index (χ1v) is 9.90. The predicted octanol–water partition coefficient (Wildman–Crippen LogP) is 5.13. The molecule has 154 valence electrons. The lowest BCUT2D eigenvalue weighted by Gasteiger charge is -2.14. The summed E-state index contributed by atoms with van der Waals surface area (Å²) in [4.78, 5) is 15.9. The SMILES string of the molecule is CCOc1cc(/C=N\NC(=O)c2ccncc2)ccc1OCc1c(Cl)cccc1Cl. The molecule has 1 aromatic heterocycles. The van der Waals surface area contributed by atoms with E-state index in [4.69, 9.17) is 32.7 Å². The second-order valence-corrected chi connectivity index (χ2v) is 6.88. The van der Waals surface area contributed by atoms with Crippen molar-refractivity contribution in [2.24, 2.45) is 5.10 Å². The maximum atomic E-state index is 12.0. The van der Waals surface area contributed by atoms with Crippen molar-refractivity contribution in [3.05, 3.63) is 87.7 Å². The molecule has 0 aliphatic rings. The molecule has 0 spiro atoms. The number of pyridine rings is 1. The molecule has 0 aliphatic heterocycles. The number of aromatic nitrogens is 1. The lowest BCUT2D eigenvalue weighted by Crippen LogP contribution is -2.17. The van der Waals surface area contributed by atoms with Gasteiger partial charge in [-0.15, -0.1) is 0 Å². The first-order valence-electron chi connectivity index (χ1n) is 9.14.